The molecule has 1 aliphatic carbocycles. The summed E-state index contributed by atoms with van der Waals surface area (Å²) in [7, 11) is 0. The second-order valence-electron chi connectivity index (χ2n) is 5.76. The number of aliphatic hydroxyl groups excluding tert-OH is 2. The maximum absolute atomic E-state index is 9.15. The number of fused-ring (bicyclic) bond motifs is 2. The van der Waals surface area contributed by atoms with Crippen molar-refractivity contribution in [3.05, 3.63) is 29.8 Å². The van der Waals surface area contributed by atoms with Gasteiger partial charge in [-0.3, -0.25) is 0 Å². The number of carbonyl (C=O) groups is 1. The number of aromatic hydroxyl groups is 1. The van der Waals surface area contributed by atoms with E-state index in [4.69, 9.17) is 20.1 Å². The molecule has 0 spiro atoms. The minimum Gasteiger partial charge on any atom is -0.508 e. The van der Waals surface area contributed by atoms with Crippen LogP contribution in [0, 0.1) is 18.3 Å². The molecule has 1 saturated carbocycles. The summed E-state index contributed by atoms with van der Waals surface area (Å²) in [6.45, 7) is 5.25. The molecule has 3 rings (SSSR count). The lowest BCUT2D eigenvalue weighted by atomic mass is 9.78. The molecule has 2 bridgehead atoms. The molecule has 0 radical (unpaired) electrons. The van der Waals surface area contributed by atoms with Crippen molar-refractivity contribution in [2.45, 2.75) is 25.8 Å². The Morgan fingerprint density at radius 2 is 1.81 bits per heavy atom. The van der Waals surface area contributed by atoms with E-state index in [0.29, 0.717) is 17.7 Å². The quantitative estimate of drug-likeness (QED) is 0.649. The number of phenolic OH excluding ortho intramolecular Hbond substituents is 1. The van der Waals surface area contributed by atoms with Crippen molar-refractivity contribution >= 4 is 6.79 Å². The van der Waals surface area contributed by atoms with Gasteiger partial charge < -0.3 is 25.4 Å². The number of phenols is 1. The van der Waals surface area contributed by atoms with E-state index in [9.17, 15) is 0 Å². The SMILES string of the molecule is C=O.Cc1ccc(O)cc1.OCC1(CO)CC2CC1CN2. The van der Waals surface area contributed by atoms with E-state index in [-0.39, 0.29) is 18.6 Å². The van der Waals surface area contributed by atoms with Crippen LogP contribution in [-0.4, -0.2) is 47.9 Å². The lowest BCUT2D eigenvalue weighted by Gasteiger charge is -2.34. The van der Waals surface area contributed by atoms with Gasteiger partial charge in [-0.2, -0.15) is 0 Å². The fraction of sp³-hybridized carbons (Fsp3) is 0.562. The Balaban J connectivity index is 0.000000196. The van der Waals surface area contributed by atoms with E-state index in [0.717, 1.165) is 19.4 Å². The molecule has 118 valence electrons. The van der Waals surface area contributed by atoms with Crippen LogP contribution in [-0.2, 0) is 4.79 Å². The van der Waals surface area contributed by atoms with Crippen LogP contribution < -0.4 is 5.32 Å². The minimum atomic E-state index is -0.157. The summed E-state index contributed by atoms with van der Waals surface area (Å²) >= 11 is 0. The lowest BCUT2D eigenvalue weighted by Crippen LogP contribution is -2.43. The first kappa shape index (κ1) is 17.6. The Bertz CT molecular complexity index is 396. The lowest BCUT2D eigenvalue weighted by molar-refractivity contribution is -0.0979. The van der Waals surface area contributed by atoms with E-state index in [1.54, 1.807) is 12.1 Å². The normalized spacial score (nSPS) is 24.5. The van der Waals surface area contributed by atoms with Gasteiger partial charge in [0.1, 0.15) is 12.5 Å². The van der Waals surface area contributed by atoms with Crippen molar-refractivity contribution in [3.8, 4) is 5.75 Å². The first-order valence-electron chi connectivity index (χ1n) is 7.09. The second kappa shape index (κ2) is 8.12. The Morgan fingerprint density at radius 3 is 2.10 bits per heavy atom. The maximum Gasteiger partial charge on any atom is 0.115 e. The molecular formula is C16H25NO4. The highest BCUT2D eigenvalue weighted by molar-refractivity contribution is 5.24. The van der Waals surface area contributed by atoms with Crippen LogP contribution >= 0.6 is 0 Å². The fourth-order valence-electron chi connectivity index (χ4n) is 3.08. The van der Waals surface area contributed by atoms with E-state index >= 15 is 0 Å². The van der Waals surface area contributed by atoms with Crippen LogP contribution in [0.5, 0.6) is 5.75 Å². The number of aryl methyl sites for hydroxylation is 1. The zero-order valence-electron chi connectivity index (χ0n) is 12.5. The van der Waals surface area contributed by atoms with Gasteiger partial charge >= 0.3 is 0 Å². The van der Waals surface area contributed by atoms with Crippen molar-refractivity contribution in [2.75, 3.05) is 19.8 Å². The van der Waals surface area contributed by atoms with Gasteiger partial charge in [0.25, 0.3) is 0 Å². The van der Waals surface area contributed by atoms with Crippen molar-refractivity contribution in [1.29, 1.82) is 0 Å². The number of nitrogens with one attached hydrogen (secondary N) is 1. The number of aliphatic hydroxyl groups is 2. The highest BCUT2D eigenvalue weighted by atomic mass is 16.3. The molecule has 5 nitrogen and oxygen atoms in total. The number of carbonyl (C=O) groups excluding carboxylic acids is 1. The topological polar surface area (TPSA) is 89.8 Å². The Labute approximate surface area is 125 Å². The zero-order valence-corrected chi connectivity index (χ0v) is 12.5. The summed E-state index contributed by atoms with van der Waals surface area (Å²) in [5.74, 6) is 0.832. The van der Waals surface area contributed by atoms with Crippen molar-refractivity contribution in [1.82, 2.24) is 5.32 Å². The third-order valence-corrected chi connectivity index (χ3v) is 4.40. The van der Waals surface area contributed by atoms with Crippen LogP contribution in [0.4, 0.5) is 0 Å². The molecule has 0 aromatic heterocycles. The van der Waals surface area contributed by atoms with E-state index in [2.05, 4.69) is 5.32 Å². The van der Waals surface area contributed by atoms with E-state index in [1.807, 2.05) is 25.8 Å². The minimum absolute atomic E-state index is 0.145. The summed E-state index contributed by atoms with van der Waals surface area (Å²) in [6, 6.07) is 7.65. The van der Waals surface area contributed by atoms with Crippen LogP contribution in [0.2, 0.25) is 0 Å². The summed E-state index contributed by atoms with van der Waals surface area (Å²) in [5, 5.41) is 30.4. The molecule has 2 unspecified atom stereocenters. The van der Waals surface area contributed by atoms with E-state index in [1.165, 1.54) is 5.56 Å². The molecule has 2 atom stereocenters. The molecule has 2 aliphatic rings. The first-order chi connectivity index (χ1) is 10.1. The molecule has 1 aromatic rings. The number of piperidine rings is 1. The monoisotopic (exact) mass is 295 g/mol. The van der Waals surface area contributed by atoms with Crippen molar-refractivity contribution in [2.24, 2.45) is 11.3 Å². The molecule has 1 aliphatic heterocycles. The van der Waals surface area contributed by atoms with Gasteiger partial charge in [-0.05, 0) is 44.4 Å². The number of benzene rings is 1. The molecule has 4 N–H and O–H groups in total. The second-order valence-corrected chi connectivity index (χ2v) is 5.76. The number of rotatable bonds is 2. The van der Waals surface area contributed by atoms with Crippen molar-refractivity contribution < 1.29 is 20.1 Å². The summed E-state index contributed by atoms with van der Waals surface area (Å²) in [6.07, 6.45) is 2.09. The maximum atomic E-state index is 9.15. The highest BCUT2D eigenvalue weighted by Gasteiger charge is 2.50. The summed E-state index contributed by atoms with van der Waals surface area (Å²) in [4.78, 5) is 8.00. The third-order valence-electron chi connectivity index (χ3n) is 4.40. The van der Waals surface area contributed by atoms with Crippen LogP contribution in [0.3, 0.4) is 0 Å². The summed E-state index contributed by atoms with van der Waals surface area (Å²) < 4.78 is 0. The van der Waals surface area contributed by atoms with E-state index < -0.39 is 0 Å². The molecule has 2 fully saturated rings. The predicted octanol–water partition coefficient (Wildman–Crippen LogP) is 0.855. The average Bonchev–Trinajstić information content (AvgIpc) is 3.14. The molecule has 21 heavy (non-hydrogen) atoms. The fourth-order valence-corrected chi connectivity index (χ4v) is 3.08. The van der Waals surface area contributed by atoms with Gasteiger partial charge in [0.15, 0.2) is 0 Å². The van der Waals surface area contributed by atoms with Crippen LogP contribution in [0.15, 0.2) is 24.3 Å². The average molecular weight is 295 g/mol. The Kier molecular flexibility index (Phi) is 6.81. The number of hydrogen-bond acceptors (Lipinski definition) is 5. The van der Waals surface area contributed by atoms with Crippen molar-refractivity contribution in [3.63, 3.8) is 0 Å². The van der Waals surface area contributed by atoms with Gasteiger partial charge in [0.05, 0.1) is 13.2 Å². The van der Waals surface area contributed by atoms with Gasteiger partial charge in [0.2, 0.25) is 0 Å². The smallest absolute Gasteiger partial charge is 0.115 e. The van der Waals surface area contributed by atoms with Gasteiger partial charge in [0, 0.05) is 11.5 Å². The third kappa shape index (κ3) is 4.27. The van der Waals surface area contributed by atoms with Gasteiger partial charge in [-0.25, -0.2) is 0 Å². The Hall–Kier alpha value is -1.43. The Morgan fingerprint density at radius 1 is 1.24 bits per heavy atom. The summed E-state index contributed by atoms with van der Waals surface area (Å²) in [5.41, 5.74) is 1.01. The van der Waals surface area contributed by atoms with Gasteiger partial charge in [-0.1, -0.05) is 17.7 Å². The van der Waals surface area contributed by atoms with Crippen LogP contribution in [0.25, 0.3) is 0 Å². The molecular weight excluding hydrogens is 270 g/mol. The molecule has 1 saturated heterocycles. The molecule has 1 aromatic carbocycles. The largest absolute Gasteiger partial charge is 0.508 e. The molecule has 0 amide bonds. The number of hydrogen-bond donors (Lipinski definition) is 4. The highest BCUT2D eigenvalue weighted by Crippen LogP contribution is 2.46. The standard InChI is InChI=1S/C8H15NO2.C7H8O.CH2O/c10-4-8(5-11)2-7-1-6(8)3-9-7;1-6-2-4-7(8)5-3-6;1-2/h6-7,9-11H,1-5H2;2-5,8H,1H3;1H2. The van der Waals surface area contributed by atoms with Gasteiger partial charge in [-0.15, -0.1) is 0 Å². The first-order valence-corrected chi connectivity index (χ1v) is 7.09. The predicted molar refractivity (Wildman–Crippen MR) is 81.1 cm³/mol. The molecule has 5 heteroatoms. The van der Waals surface area contributed by atoms with Crippen LogP contribution in [0.1, 0.15) is 18.4 Å². The molecule has 1 heterocycles. The zero-order chi connectivity index (χ0) is 15.9.